The minimum absolute atomic E-state index is 0.0733. The third-order valence-electron chi connectivity index (χ3n) is 2.88. The largest absolute Gasteiger partial charge is 0.368 e. The first-order chi connectivity index (χ1) is 10.1. The highest BCUT2D eigenvalue weighted by molar-refractivity contribution is 8.00. The lowest BCUT2D eigenvalue weighted by Crippen LogP contribution is -2.25. The van der Waals surface area contributed by atoms with E-state index in [0.717, 1.165) is 11.3 Å². The van der Waals surface area contributed by atoms with Crippen LogP contribution in [0.2, 0.25) is 0 Å². The van der Waals surface area contributed by atoms with Crippen molar-refractivity contribution in [3.63, 3.8) is 0 Å². The van der Waals surface area contributed by atoms with Crippen molar-refractivity contribution in [3.8, 4) is 0 Å². The highest BCUT2D eigenvalue weighted by Gasteiger charge is 2.20. The normalized spacial score (nSPS) is 11.9. The summed E-state index contributed by atoms with van der Waals surface area (Å²) in [6, 6.07) is 7.66. The summed E-state index contributed by atoms with van der Waals surface area (Å²) < 4.78 is 0. The van der Waals surface area contributed by atoms with Crippen LogP contribution in [0.5, 0.6) is 0 Å². The number of thioether (sulfide) groups is 1. The predicted molar refractivity (Wildman–Crippen MR) is 84.0 cm³/mol. The number of anilines is 2. The van der Waals surface area contributed by atoms with Crippen LogP contribution < -0.4 is 11.1 Å². The Balaban J connectivity index is 2.07. The first-order valence-electron chi connectivity index (χ1n) is 6.57. The van der Waals surface area contributed by atoms with E-state index in [9.17, 15) is 4.79 Å². The Kier molecular flexibility index (Phi) is 5.10. The van der Waals surface area contributed by atoms with Gasteiger partial charge >= 0.3 is 0 Å². The van der Waals surface area contributed by atoms with E-state index in [1.54, 1.807) is 0 Å². The Bertz CT molecular complexity index is 634. The van der Waals surface area contributed by atoms with Gasteiger partial charge in [-0.25, -0.2) is 9.97 Å². The van der Waals surface area contributed by atoms with Crippen molar-refractivity contribution < 1.29 is 4.79 Å². The van der Waals surface area contributed by atoms with Crippen LogP contribution in [0.1, 0.15) is 18.9 Å². The van der Waals surface area contributed by atoms with Crippen molar-refractivity contribution in [2.45, 2.75) is 30.7 Å². The van der Waals surface area contributed by atoms with Gasteiger partial charge in [0.25, 0.3) is 0 Å². The first-order valence-corrected chi connectivity index (χ1v) is 7.45. The number of para-hydroxylation sites is 1. The van der Waals surface area contributed by atoms with Gasteiger partial charge < -0.3 is 11.1 Å². The van der Waals surface area contributed by atoms with Gasteiger partial charge in [-0.05, 0) is 25.0 Å². The molecule has 0 aliphatic heterocycles. The second kappa shape index (κ2) is 7.03. The Morgan fingerprint density at radius 3 is 2.81 bits per heavy atom. The molecule has 21 heavy (non-hydrogen) atoms. The van der Waals surface area contributed by atoms with Crippen molar-refractivity contribution in [1.82, 2.24) is 15.0 Å². The van der Waals surface area contributed by atoms with E-state index in [1.807, 2.05) is 38.1 Å². The Hall–Kier alpha value is -2.15. The maximum absolute atomic E-state index is 12.4. The lowest BCUT2D eigenvalue weighted by molar-refractivity contribution is -0.115. The summed E-state index contributed by atoms with van der Waals surface area (Å²) in [5, 5.41) is 3.10. The average Bonchev–Trinajstić information content (AvgIpc) is 2.47. The molecule has 1 unspecified atom stereocenters. The summed E-state index contributed by atoms with van der Waals surface area (Å²) in [7, 11) is 0. The Morgan fingerprint density at radius 1 is 1.38 bits per heavy atom. The SMILES string of the molecule is CCC(Sc1ncnc(N)n1)C(=O)Nc1ccccc1C. The van der Waals surface area contributed by atoms with Crippen LogP contribution in [0.3, 0.4) is 0 Å². The average molecular weight is 303 g/mol. The fraction of sp³-hybridized carbons (Fsp3) is 0.286. The zero-order valence-electron chi connectivity index (χ0n) is 11.9. The lowest BCUT2D eigenvalue weighted by atomic mass is 10.2. The number of nitrogen functional groups attached to an aromatic ring is 1. The highest BCUT2D eigenvalue weighted by atomic mass is 32.2. The van der Waals surface area contributed by atoms with Crippen molar-refractivity contribution >= 4 is 29.3 Å². The number of benzene rings is 1. The quantitative estimate of drug-likeness (QED) is 0.823. The maximum Gasteiger partial charge on any atom is 0.237 e. The van der Waals surface area contributed by atoms with E-state index in [1.165, 1.54) is 18.1 Å². The van der Waals surface area contributed by atoms with Crippen LogP contribution in [0.25, 0.3) is 0 Å². The molecule has 110 valence electrons. The molecule has 0 bridgehead atoms. The molecule has 0 aliphatic carbocycles. The fourth-order valence-corrected chi connectivity index (χ4v) is 2.57. The minimum Gasteiger partial charge on any atom is -0.368 e. The molecule has 1 atom stereocenters. The summed E-state index contributed by atoms with van der Waals surface area (Å²) >= 11 is 1.28. The zero-order valence-corrected chi connectivity index (χ0v) is 12.7. The molecule has 3 N–H and O–H groups in total. The molecule has 2 rings (SSSR count). The second-order valence-corrected chi connectivity index (χ2v) is 5.62. The molecule has 0 fully saturated rings. The van der Waals surface area contributed by atoms with Gasteiger partial charge in [0.15, 0.2) is 5.16 Å². The number of carbonyl (C=O) groups is 1. The van der Waals surface area contributed by atoms with Crippen LogP contribution in [-0.4, -0.2) is 26.1 Å². The molecule has 0 spiro atoms. The minimum atomic E-state index is -0.286. The van der Waals surface area contributed by atoms with Crippen LogP contribution in [0.15, 0.2) is 35.7 Å². The number of nitrogens with two attached hydrogens (primary N) is 1. The van der Waals surface area contributed by atoms with Gasteiger partial charge in [-0.2, -0.15) is 4.98 Å². The molecule has 7 heteroatoms. The van der Waals surface area contributed by atoms with Crippen LogP contribution in [0, 0.1) is 6.92 Å². The number of hydrogen-bond donors (Lipinski definition) is 2. The van der Waals surface area contributed by atoms with Crippen molar-refractivity contribution in [3.05, 3.63) is 36.2 Å². The van der Waals surface area contributed by atoms with Gasteiger partial charge in [-0.15, -0.1) is 0 Å². The Labute approximate surface area is 127 Å². The van der Waals surface area contributed by atoms with Crippen LogP contribution in [0.4, 0.5) is 11.6 Å². The van der Waals surface area contributed by atoms with E-state index < -0.39 is 0 Å². The molecule has 1 aromatic heterocycles. The van der Waals surface area contributed by atoms with Crippen molar-refractivity contribution in [2.24, 2.45) is 0 Å². The maximum atomic E-state index is 12.4. The van der Waals surface area contributed by atoms with Crippen molar-refractivity contribution in [1.29, 1.82) is 0 Å². The van der Waals surface area contributed by atoms with Gasteiger partial charge in [-0.3, -0.25) is 4.79 Å². The molecule has 1 heterocycles. The van der Waals surface area contributed by atoms with Gasteiger partial charge in [0, 0.05) is 5.69 Å². The fourth-order valence-electron chi connectivity index (χ4n) is 1.73. The van der Waals surface area contributed by atoms with E-state index in [0.29, 0.717) is 11.6 Å². The topological polar surface area (TPSA) is 93.8 Å². The number of nitrogens with one attached hydrogen (secondary N) is 1. The smallest absolute Gasteiger partial charge is 0.237 e. The molecule has 1 amide bonds. The van der Waals surface area contributed by atoms with Crippen LogP contribution >= 0.6 is 11.8 Å². The molecule has 6 nitrogen and oxygen atoms in total. The monoisotopic (exact) mass is 303 g/mol. The third kappa shape index (κ3) is 4.16. The molecule has 0 saturated heterocycles. The molecule has 2 aromatic rings. The van der Waals surface area contributed by atoms with E-state index in [-0.39, 0.29) is 17.1 Å². The molecular weight excluding hydrogens is 286 g/mol. The summed E-state index contributed by atoms with van der Waals surface area (Å²) in [5.74, 6) is 0.0810. The van der Waals surface area contributed by atoms with Gasteiger partial charge in [0.05, 0.1) is 5.25 Å². The molecule has 0 aliphatic rings. The number of rotatable bonds is 5. The van der Waals surface area contributed by atoms with E-state index in [4.69, 9.17) is 5.73 Å². The Morgan fingerprint density at radius 2 is 2.14 bits per heavy atom. The summed E-state index contributed by atoms with van der Waals surface area (Å²) in [5.41, 5.74) is 7.36. The van der Waals surface area contributed by atoms with E-state index >= 15 is 0 Å². The van der Waals surface area contributed by atoms with Gasteiger partial charge in [0.1, 0.15) is 6.33 Å². The number of aryl methyl sites for hydroxylation is 1. The standard InChI is InChI=1S/C14H17N5OS/c1-3-11(21-14-17-8-16-13(15)19-14)12(20)18-10-7-5-4-6-9(10)2/h4-8,11H,3H2,1-2H3,(H,18,20)(H2,15,16,17,19). The number of carbonyl (C=O) groups excluding carboxylic acids is 1. The molecule has 0 saturated carbocycles. The first kappa shape index (κ1) is 15.2. The lowest BCUT2D eigenvalue weighted by Gasteiger charge is -2.14. The molecular formula is C14H17N5OS. The summed E-state index contributed by atoms with van der Waals surface area (Å²) in [6.45, 7) is 3.90. The zero-order chi connectivity index (χ0) is 15.2. The number of nitrogens with zero attached hydrogens (tertiary/aromatic N) is 3. The molecule has 1 aromatic carbocycles. The third-order valence-corrected chi connectivity index (χ3v) is 4.12. The number of aromatic nitrogens is 3. The van der Waals surface area contributed by atoms with Crippen molar-refractivity contribution in [2.75, 3.05) is 11.1 Å². The van der Waals surface area contributed by atoms with Gasteiger partial charge in [0.2, 0.25) is 11.9 Å². The molecule has 0 radical (unpaired) electrons. The summed E-state index contributed by atoms with van der Waals surface area (Å²) in [4.78, 5) is 24.1. The number of hydrogen-bond acceptors (Lipinski definition) is 6. The van der Waals surface area contributed by atoms with Crippen LogP contribution in [-0.2, 0) is 4.79 Å². The summed E-state index contributed by atoms with van der Waals surface area (Å²) in [6.07, 6.45) is 2.00. The predicted octanol–water partition coefficient (Wildman–Crippen LogP) is 2.27. The van der Waals surface area contributed by atoms with E-state index in [2.05, 4.69) is 20.3 Å². The van der Waals surface area contributed by atoms with Gasteiger partial charge in [-0.1, -0.05) is 36.9 Å². The highest BCUT2D eigenvalue weighted by Crippen LogP contribution is 2.24. The second-order valence-electron chi connectivity index (χ2n) is 4.45. The number of amides is 1.